The van der Waals surface area contributed by atoms with Gasteiger partial charge in [-0.25, -0.2) is 9.78 Å². The number of carbonyl (C=O) groups is 2. The summed E-state index contributed by atoms with van der Waals surface area (Å²) in [6.45, 7) is 3.61. The number of hydrogen-bond acceptors (Lipinski definition) is 5. The Morgan fingerprint density at radius 1 is 1.61 bits per heavy atom. The quantitative estimate of drug-likeness (QED) is 0.789. The van der Waals surface area contributed by atoms with E-state index in [-0.39, 0.29) is 6.09 Å². The third-order valence-corrected chi connectivity index (χ3v) is 4.06. The minimum absolute atomic E-state index is 0.233. The first-order valence-electron chi connectivity index (χ1n) is 6.07. The Labute approximate surface area is 110 Å². The molecule has 0 unspecified atom stereocenters. The second kappa shape index (κ2) is 5.95. The average Bonchev–Trinajstić information content (AvgIpc) is 2.88. The van der Waals surface area contributed by atoms with Crippen LogP contribution in [0.1, 0.15) is 41.2 Å². The number of aromatic nitrogens is 1. The lowest BCUT2D eigenvalue weighted by Gasteiger charge is -2.30. The predicted octanol–water partition coefficient (Wildman–Crippen LogP) is 2.29. The van der Waals surface area contributed by atoms with Gasteiger partial charge in [0.1, 0.15) is 5.69 Å². The molecule has 0 aliphatic carbocycles. The molecule has 6 heteroatoms. The second-order valence-corrected chi connectivity index (χ2v) is 5.08. The number of carbonyl (C=O) groups excluding carboxylic acids is 2. The normalized spacial score (nSPS) is 16.6. The fourth-order valence-electron chi connectivity index (χ4n) is 2.07. The topological polar surface area (TPSA) is 59.5 Å². The van der Waals surface area contributed by atoms with Crippen LogP contribution in [0.3, 0.4) is 0 Å². The van der Waals surface area contributed by atoms with Crippen LogP contribution < -0.4 is 0 Å². The van der Waals surface area contributed by atoms with Gasteiger partial charge in [0, 0.05) is 24.4 Å². The van der Waals surface area contributed by atoms with Gasteiger partial charge in [-0.3, -0.25) is 4.79 Å². The molecular formula is C12H16N2O3S. The molecular weight excluding hydrogens is 252 g/mol. The molecule has 1 aromatic heterocycles. The molecule has 0 N–H and O–H groups in total. The Morgan fingerprint density at radius 3 is 2.89 bits per heavy atom. The van der Waals surface area contributed by atoms with Gasteiger partial charge in [0.15, 0.2) is 6.29 Å². The van der Waals surface area contributed by atoms with Gasteiger partial charge in [-0.15, -0.1) is 11.3 Å². The van der Waals surface area contributed by atoms with Crippen molar-refractivity contribution in [2.45, 2.75) is 25.7 Å². The summed E-state index contributed by atoms with van der Waals surface area (Å²) in [4.78, 5) is 28.1. The maximum atomic E-state index is 11.5. The molecule has 5 nitrogen and oxygen atoms in total. The standard InChI is InChI=1S/C12H16N2O3S/c1-2-17-12(16)14-5-3-9(4-6-14)11-13-10(7-15)8-18-11/h7-9H,2-6H2,1H3. The Hall–Kier alpha value is -1.43. The lowest BCUT2D eigenvalue weighted by atomic mass is 9.98. The van der Waals surface area contributed by atoms with E-state index in [1.807, 2.05) is 0 Å². The largest absolute Gasteiger partial charge is 0.450 e. The number of likely N-dealkylation sites (tertiary alicyclic amines) is 1. The van der Waals surface area contributed by atoms with Gasteiger partial charge in [-0.1, -0.05) is 0 Å². The number of thiazole rings is 1. The molecule has 2 rings (SSSR count). The minimum Gasteiger partial charge on any atom is -0.450 e. The monoisotopic (exact) mass is 268 g/mol. The van der Waals surface area contributed by atoms with Crippen LogP contribution in [0.15, 0.2) is 5.38 Å². The molecule has 1 aliphatic rings. The predicted molar refractivity (Wildman–Crippen MR) is 68.1 cm³/mol. The zero-order valence-electron chi connectivity index (χ0n) is 10.3. The number of ether oxygens (including phenoxy) is 1. The third kappa shape index (κ3) is 2.87. The molecule has 1 fully saturated rings. The number of piperidine rings is 1. The van der Waals surface area contributed by atoms with Gasteiger partial charge >= 0.3 is 6.09 Å². The molecule has 18 heavy (non-hydrogen) atoms. The van der Waals surface area contributed by atoms with Crippen molar-refractivity contribution < 1.29 is 14.3 Å². The van der Waals surface area contributed by atoms with Crippen molar-refractivity contribution in [3.63, 3.8) is 0 Å². The molecule has 0 spiro atoms. The molecule has 0 radical (unpaired) electrons. The molecule has 2 heterocycles. The fourth-order valence-corrected chi connectivity index (χ4v) is 3.00. The van der Waals surface area contributed by atoms with Crippen molar-refractivity contribution in [3.05, 3.63) is 16.1 Å². The van der Waals surface area contributed by atoms with Gasteiger partial charge in [0.2, 0.25) is 0 Å². The summed E-state index contributed by atoms with van der Waals surface area (Å²) in [5, 5.41) is 2.78. The van der Waals surface area contributed by atoms with Crippen molar-refractivity contribution in [2.24, 2.45) is 0 Å². The first kappa shape index (κ1) is 13.0. The fraction of sp³-hybridized carbons (Fsp3) is 0.583. The molecule has 1 aliphatic heterocycles. The lowest BCUT2D eigenvalue weighted by Crippen LogP contribution is -2.38. The summed E-state index contributed by atoms with van der Waals surface area (Å²) in [5.74, 6) is 0.356. The summed E-state index contributed by atoms with van der Waals surface area (Å²) in [5.41, 5.74) is 0.503. The van der Waals surface area contributed by atoms with Crippen molar-refractivity contribution in [3.8, 4) is 0 Å². The van der Waals surface area contributed by atoms with E-state index < -0.39 is 0 Å². The van der Waals surface area contributed by atoms with Crippen LogP contribution in [-0.4, -0.2) is 42.0 Å². The Balaban J connectivity index is 1.90. The van der Waals surface area contributed by atoms with Gasteiger partial charge < -0.3 is 9.64 Å². The van der Waals surface area contributed by atoms with Crippen LogP contribution in [0.25, 0.3) is 0 Å². The van der Waals surface area contributed by atoms with Gasteiger partial charge in [-0.2, -0.15) is 0 Å². The zero-order chi connectivity index (χ0) is 13.0. The van der Waals surface area contributed by atoms with E-state index in [1.165, 1.54) is 11.3 Å². The summed E-state index contributed by atoms with van der Waals surface area (Å²) >= 11 is 1.52. The number of amides is 1. The number of rotatable bonds is 3. The molecule has 98 valence electrons. The lowest BCUT2D eigenvalue weighted by molar-refractivity contribution is 0.0970. The van der Waals surface area contributed by atoms with Gasteiger partial charge in [0.05, 0.1) is 11.6 Å². The summed E-state index contributed by atoms with van der Waals surface area (Å²) in [6.07, 6.45) is 2.30. The Kier molecular flexibility index (Phi) is 4.30. The maximum Gasteiger partial charge on any atom is 0.409 e. The number of hydrogen-bond donors (Lipinski definition) is 0. The highest BCUT2D eigenvalue weighted by atomic mass is 32.1. The summed E-state index contributed by atoms with van der Waals surface area (Å²) in [6, 6.07) is 0. The van der Waals surface area contributed by atoms with Crippen LogP contribution in [0.5, 0.6) is 0 Å². The Morgan fingerprint density at radius 2 is 2.33 bits per heavy atom. The third-order valence-electron chi connectivity index (χ3n) is 3.03. The second-order valence-electron chi connectivity index (χ2n) is 4.19. The smallest absolute Gasteiger partial charge is 0.409 e. The molecule has 1 amide bonds. The van der Waals surface area contributed by atoms with Crippen LogP contribution in [0.4, 0.5) is 4.79 Å². The van der Waals surface area contributed by atoms with E-state index in [2.05, 4.69) is 4.98 Å². The van der Waals surface area contributed by atoms with Crippen LogP contribution in [-0.2, 0) is 4.74 Å². The van der Waals surface area contributed by atoms with Gasteiger partial charge in [0.25, 0.3) is 0 Å². The highest BCUT2D eigenvalue weighted by Gasteiger charge is 2.26. The van der Waals surface area contributed by atoms with E-state index in [9.17, 15) is 9.59 Å². The molecule has 1 aromatic rings. The minimum atomic E-state index is -0.233. The highest BCUT2D eigenvalue weighted by molar-refractivity contribution is 7.09. The average molecular weight is 268 g/mol. The molecule has 0 bridgehead atoms. The number of aldehydes is 1. The van der Waals surface area contributed by atoms with Crippen molar-refractivity contribution in [1.82, 2.24) is 9.88 Å². The SMILES string of the molecule is CCOC(=O)N1CCC(c2nc(C=O)cs2)CC1. The van der Waals surface area contributed by atoms with Crippen LogP contribution >= 0.6 is 11.3 Å². The Bertz CT molecular complexity index is 425. The number of nitrogens with zero attached hydrogens (tertiary/aromatic N) is 2. The van der Waals surface area contributed by atoms with E-state index in [4.69, 9.17) is 4.74 Å². The van der Waals surface area contributed by atoms with E-state index in [1.54, 1.807) is 17.2 Å². The molecule has 0 aromatic carbocycles. The molecule has 0 atom stereocenters. The first-order valence-corrected chi connectivity index (χ1v) is 6.95. The first-order chi connectivity index (χ1) is 8.74. The highest BCUT2D eigenvalue weighted by Crippen LogP contribution is 2.30. The van der Waals surface area contributed by atoms with Crippen molar-refractivity contribution in [2.75, 3.05) is 19.7 Å². The summed E-state index contributed by atoms with van der Waals surface area (Å²) in [7, 11) is 0. The van der Waals surface area contributed by atoms with Crippen molar-refractivity contribution in [1.29, 1.82) is 0 Å². The summed E-state index contributed by atoms with van der Waals surface area (Å²) < 4.78 is 4.97. The molecule has 0 saturated carbocycles. The van der Waals surface area contributed by atoms with E-state index in [0.29, 0.717) is 31.3 Å². The van der Waals surface area contributed by atoms with Crippen LogP contribution in [0.2, 0.25) is 0 Å². The zero-order valence-corrected chi connectivity index (χ0v) is 11.1. The molecule has 1 saturated heterocycles. The van der Waals surface area contributed by atoms with Gasteiger partial charge in [-0.05, 0) is 19.8 Å². The maximum absolute atomic E-state index is 11.5. The van der Waals surface area contributed by atoms with Crippen molar-refractivity contribution >= 4 is 23.7 Å². The van der Waals surface area contributed by atoms with E-state index >= 15 is 0 Å². The van der Waals surface area contributed by atoms with E-state index in [0.717, 1.165) is 24.1 Å². The van der Waals surface area contributed by atoms with Crippen LogP contribution in [0, 0.1) is 0 Å².